The Morgan fingerprint density at radius 2 is 1.50 bits per heavy atom. The first-order valence-corrected chi connectivity index (χ1v) is 12.4. The zero-order valence-electron chi connectivity index (χ0n) is 21.3. The van der Waals surface area contributed by atoms with Gasteiger partial charge >= 0.3 is 0 Å². The van der Waals surface area contributed by atoms with Crippen LogP contribution in [0.4, 0.5) is 0 Å². The highest BCUT2D eigenvalue weighted by Gasteiger charge is 2.11. The highest BCUT2D eigenvalue weighted by molar-refractivity contribution is 6.01. The maximum absolute atomic E-state index is 12.6. The molecule has 2 N–H and O–H groups in total. The number of hydrazone groups is 1. The van der Waals surface area contributed by atoms with E-state index in [4.69, 9.17) is 4.74 Å². The maximum atomic E-state index is 12.6. The molecule has 0 saturated heterocycles. The largest absolute Gasteiger partial charge is 0.489 e. The van der Waals surface area contributed by atoms with E-state index in [0.717, 1.165) is 33.6 Å². The lowest BCUT2D eigenvalue weighted by Crippen LogP contribution is -2.19. The lowest BCUT2D eigenvalue weighted by molar-refractivity contribution is 0.0950. The van der Waals surface area contributed by atoms with E-state index in [1.165, 1.54) is 5.56 Å². The van der Waals surface area contributed by atoms with Crippen LogP contribution in [0.2, 0.25) is 0 Å². The number of ether oxygens (including phenoxy) is 1. The number of aromatic nitrogens is 2. The molecule has 5 rings (SSSR count). The van der Waals surface area contributed by atoms with Gasteiger partial charge < -0.3 is 4.74 Å². The summed E-state index contributed by atoms with van der Waals surface area (Å²) in [6, 6.07) is 35.9. The first-order chi connectivity index (χ1) is 18.5. The highest BCUT2D eigenvalue weighted by Crippen LogP contribution is 2.22. The third kappa shape index (κ3) is 6.05. The Bertz CT molecular complexity index is 1540. The topological polar surface area (TPSA) is 79.4 Å². The second-order valence-corrected chi connectivity index (χ2v) is 9.05. The normalized spacial score (nSPS) is 11.3. The molecule has 0 aliphatic heterocycles. The lowest BCUT2D eigenvalue weighted by Gasteiger charge is -2.07. The number of amides is 1. The molecule has 5 aromatic rings. The van der Waals surface area contributed by atoms with Crippen LogP contribution in [-0.4, -0.2) is 21.8 Å². The van der Waals surface area contributed by atoms with Crippen LogP contribution in [0, 0.1) is 6.92 Å². The number of benzene rings is 4. The van der Waals surface area contributed by atoms with Crippen LogP contribution in [0.3, 0.4) is 0 Å². The molecule has 0 aliphatic carbocycles. The van der Waals surface area contributed by atoms with Gasteiger partial charge in [-0.1, -0.05) is 84.4 Å². The average molecular weight is 501 g/mol. The van der Waals surface area contributed by atoms with Gasteiger partial charge in [-0.3, -0.25) is 9.89 Å². The van der Waals surface area contributed by atoms with Gasteiger partial charge in [0.15, 0.2) is 0 Å². The molecule has 1 heterocycles. The summed E-state index contributed by atoms with van der Waals surface area (Å²) >= 11 is 0. The van der Waals surface area contributed by atoms with Crippen molar-refractivity contribution in [3.05, 3.63) is 132 Å². The minimum absolute atomic E-state index is 0.329. The van der Waals surface area contributed by atoms with E-state index in [0.29, 0.717) is 23.7 Å². The van der Waals surface area contributed by atoms with Crippen molar-refractivity contribution in [3.63, 3.8) is 0 Å². The molecular formula is C32H28N4O2. The van der Waals surface area contributed by atoms with Gasteiger partial charge in [0, 0.05) is 5.56 Å². The first kappa shape index (κ1) is 24.7. The Labute approximate surface area is 222 Å². The maximum Gasteiger partial charge on any atom is 0.289 e. The van der Waals surface area contributed by atoms with E-state index < -0.39 is 0 Å². The van der Waals surface area contributed by atoms with Crippen molar-refractivity contribution in [1.29, 1.82) is 0 Å². The molecule has 0 unspecified atom stereocenters. The number of carbonyl (C=O) groups excluding carboxylic acids is 1. The smallest absolute Gasteiger partial charge is 0.289 e. The molecule has 6 nitrogen and oxygen atoms in total. The summed E-state index contributed by atoms with van der Waals surface area (Å²) in [4.78, 5) is 12.6. The second kappa shape index (κ2) is 11.4. The highest BCUT2D eigenvalue weighted by atomic mass is 16.5. The van der Waals surface area contributed by atoms with Gasteiger partial charge in [-0.15, -0.1) is 0 Å². The van der Waals surface area contributed by atoms with E-state index in [1.807, 2.05) is 73.7 Å². The Morgan fingerprint density at radius 3 is 2.21 bits per heavy atom. The fourth-order valence-corrected chi connectivity index (χ4v) is 3.95. The molecule has 4 aromatic carbocycles. The molecule has 0 atom stereocenters. The van der Waals surface area contributed by atoms with Crippen LogP contribution >= 0.6 is 0 Å². The average Bonchev–Trinajstić information content (AvgIpc) is 3.47. The van der Waals surface area contributed by atoms with Crippen LogP contribution in [-0.2, 0) is 6.61 Å². The molecule has 0 spiro atoms. The SMILES string of the molecule is C/C(=N/NC(=O)c1cc(-c2ccc(OCc3ccc(C)cc3)cc2)n[nH]1)c1ccc(-c2ccccc2)cc1. The van der Waals surface area contributed by atoms with Crippen molar-refractivity contribution in [1.82, 2.24) is 15.6 Å². The lowest BCUT2D eigenvalue weighted by atomic mass is 10.0. The molecular weight excluding hydrogens is 472 g/mol. The zero-order valence-corrected chi connectivity index (χ0v) is 21.3. The molecule has 0 saturated carbocycles. The minimum Gasteiger partial charge on any atom is -0.489 e. The summed E-state index contributed by atoms with van der Waals surface area (Å²) in [5.41, 5.74) is 10.7. The van der Waals surface area contributed by atoms with Gasteiger partial charge in [0.2, 0.25) is 0 Å². The molecule has 38 heavy (non-hydrogen) atoms. The van der Waals surface area contributed by atoms with Crippen LogP contribution in [0.15, 0.2) is 114 Å². The van der Waals surface area contributed by atoms with Crippen molar-refractivity contribution >= 4 is 11.6 Å². The molecule has 1 aromatic heterocycles. The molecule has 1 amide bonds. The molecule has 0 bridgehead atoms. The van der Waals surface area contributed by atoms with Gasteiger partial charge in [-0.25, -0.2) is 5.43 Å². The predicted octanol–water partition coefficient (Wildman–Crippen LogP) is 6.79. The van der Waals surface area contributed by atoms with Crippen molar-refractivity contribution in [3.8, 4) is 28.1 Å². The quantitative estimate of drug-likeness (QED) is 0.182. The zero-order chi connectivity index (χ0) is 26.3. The number of aromatic amines is 1. The Balaban J connectivity index is 1.18. The standard InChI is InChI=1S/C32H28N4O2/c1-22-8-10-24(11-9-22)21-38-29-18-16-28(17-19-29)30-20-31(35-34-30)32(37)36-33-23(2)25-12-14-27(15-13-25)26-6-4-3-5-7-26/h3-20H,21H2,1-2H3,(H,34,35)(H,36,37)/b33-23-. The van der Waals surface area contributed by atoms with E-state index in [9.17, 15) is 4.79 Å². The number of rotatable bonds is 8. The van der Waals surface area contributed by atoms with E-state index in [1.54, 1.807) is 6.07 Å². The van der Waals surface area contributed by atoms with E-state index in [-0.39, 0.29) is 5.91 Å². The number of carbonyl (C=O) groups is 1. The summed E-state index contributed by atoms with van der Waals surface area (Å²) < 4.78 is 5.88. The summed E-state index contributed by atoms with van der Waals surface area (Å²) in [7, 11) is 0. The fraction of sp³-hybridized carbons (Fsp3) is 0.0938. The Kier molecular flexibility index (Phi) is 7.41. The predicted molar refractivity (Wildman–Crippen MR) is 151 cm³/mol. The van der Waals surface area contributed by atoms with Crippen LogP contribution in [0.1, 0.15) is 34.1 Å². The third-order valence-corrected chi connectivity index (χ3v) is 6.23. The van der Waals surface area contributed by atoms with Gasteiger partial charge in [-0.2, -0.15) is 10.2 Å². The number of hydrogen-bond acceptors (Lipinski definition) is 4. The molecule has 6 heteroatoms. The van der Waals surface area contributed by atoms with Crippen molar-refractivity contribution in [2.24, 2.45) is 5.10 Å². The molecule has 0 radical (unpaired) electrons. The summed E-state index contributed by atoms with van der Waals surface area (Å²) in [5, 5.41) is 11.4. The van der Waals surface area contributed by atoms with Gasteiger partial charge in [0.25, 0.3) is 5.91 Å². The summed E-state index contributed by atoms with van der Waals surface area (Å²) in [5.74, 6) is 0.409. The minimum atomic E-state index is -0.359. The summed E-state index contributed by atoms with van der Waals surface area (Å²) in [6.07, 6.45) is 0. The van der Waals surface area contributed by atoms with Crippen molar-refractivity contribution in [2.45, 2.75) is 20.5 Å². The van der Waals surface area contributed by atoms with Crippen molar-refractivity contribution in [2.75, 3.05) is 0 Å². The first-order valence-electron chi connectivity index (χ1n) is 12.4. The van der Waals surface area contributed by atoms with Gasteiger partial charge in [-0.05, 0) is 66.4 Å². The number of nitrogens with zero attached hydrogens (tertiary/aromatic N) is 2. The monoisotopic (exact) mass is 500 g/mol. The van der Waals surface area contributed by atoms with Crippen LogP contribution in [0.25, 0.3) is 22.4 Å². The number of hydrogen-bond donors (Lipinski definition) is 2. The Hall–Kier alpha value is -4.97. The van der Waals surface area contributed by atoms with E-state index in [2.05, 4.69) is 64.0 Å². The Morgan fingerprint density at radius 1 is 0.842 bits per heavy atom. The number of aryl methyl sites for hydroxylation is 1. The van der Waals surface area contributed by atoms with Crippen molar-refractivity contribution < 1.29 is 9.53 Å². The molecule has 0 aliphatic rings. The third-order valence-electron chi connectivity index (χ3n) is 6.23. The second-order valence-electron chi connectivity index (χ2n) is 9.05. The summed E-state index contributed by atoms with van der Waals surface area (Å²) in [6.45, 7) is 4.43. The van der Waals surface area contributed by atoms with Crippen LogP contribution < -0.4 is 10.2 Å². The molecule has 188 valence electrons. The van der Waals surface area contributed by atoms with E-state index >= 15 is 0 Å². The molecule has 0 fully saturated rings. The van der Waals surface area contributed by atoms with Gasteiger partial charge in [0.05, 0.1) is 11.4 Å². The van der Waals surface area contributed by atoms with Gasteiger partial charge in [0.1, 0.15) is 18.1 Å². The van der Waals surface area contributed by atoms with Crippen LogP contribution in [0.5, 0.6) is 5.75 Å². The number of nitrogens with one attached hydrogen (secondary N) is 2. The number of H-pyrrole nitrogens is 1. The fourth-order valence-electron chi connectivity index (χ4n) is 3.95.